The molecular formula is C11H16BrNO. The molecule has 0 aliphatic carbocycles. The molecule has 0 aliphatic heterocycles. The molecule has 0 heterocycles. The number of hydrogen-bond donors (Lipinski definition) is 1. The summed E-state index contributed by atoms with van der Waals surface area (Å²) in [5.74, 6) is 0.871. The average molecular weight is 258 g/mol. The minimum Gasteiger partial charge on any atom is -0.489 e. The van der Waals surface area contributed by atoms with Gasteiger partial charge >= 0.3 is 0 Å². The van der Waals surface area contributed by atoms with Crippen LogP contribution in [0.15, 0.2) is 22.7 Å². The topological polar surface area (TPSA) is 35.2 Å². The van der Waals surface area contributed by atoms with Gasteiger partial charge in [0.1, 0.15) is 11.9 Å². The number of aryl methyl sites for hydroxylation is 1. The highest BCUT2D eigenvalue weighted by molar-refractivity contribution is 9.10. The predicted molar refractivity (Wildman–Crippen MR) is 62.6 cm³/mol. The summed E-state index contributed by atoms with van der Waals surface area (Å²) in [6.45, 7) is 5.95. The molecule has 0 saturated carbocycles. The van der Waals surface area contributed by atoms with Crippen LogP contribution in [0.25, 0.3) is 0 Å². The van der Waals surface area contributed by atoms with E-state index in [2.05, 4.69) is 15.9 Å². The minimum atomic E-state index is 0.0376. The normalized spacial score (nSPS) is 14.9. The van der Waals surface area contributed by atoms with Crippen molar-refractivity contribution in [2.45, 2.75) is 32.9 Å². The molecule has 0 fully saturated rings. The number of halogens is 1. The molecule has 2 nitrogen and oxygen atoms in total. The Kier molecular flexibility index (Phi) is 3.96. The number of ether oxygens (including phenoxy) is 1. The van der Waals surface area contributed by atoms with Crippen LogP contribution in [0, 0.1) is 6.92 Å². The molecule has 0 aliphatic rings. The molecular weight excluding hydrogens is 242 g/mol. The Balaban J connectivity index is 2.73. The van der Waals surface area contributed by atoms with Gasteiger partial charge in [-0.2, -0.15) is 0 Å². The summed E-state index contributed by atoms with van der Waals surface area (Å²) >= 11 is 3.44. The van der Waals surface area contributed by atoms with E-state index >= 15 is 0 Å². The first-order chi connectivity index (χ1) is 6.50. The third kappa shape index (κ3) is 3.00. The van der Waals surface area contributed by atoms with Crippen molar-refractivity contribution in [1.82, 2.24) is 0 Å². The van der Waals surface area contributed by atoms with Crippen molar-refractivity contribution in [3.8, 4) is 5.75 Å². The number of benzene rings is 1. The zero-order valence-corrected chi connectivity index (χ0v) is 10.3. The Labute approximate surface area is 93.6 Å². The monoisotopic (exact) mass is 257 g/mol. The second-order valence-corrected chi connectivity index (χ2v) is 4.45. The third-order valence-electron chi connectivity index (χ3n) is 2.19. The summed E-state index contributed by atoms with van der Waals surface area (Å²) < 4.78 is 6.76. The molecule has 1 aromatic carbocycles. The Morgan fingerprint density at radius 1 is 1.36 bits per heavy atom. The Bertz CT molecular complexity index is 312. The first-order valence-corrected chi connectivity index (χ1v) is 5.48. The van der Waals surface area contributed by atoms with Crippen LogP contribution in [0.3, 0.4) is 0 Å². The summed E-state index contributed by atoms with van der Waals surface area (Å²) in [6, 6.07) is 5.97. The van der Waals surface area contributed by atoms with Crippen molar-refractivity contribution in [1.29, 1.82) is 0 Å². The standard InChI is InChI=1S/C11H16BrNO/c1-7-6-10(4-5-11(7)12)14-9(3)8(2)13/h4-6,8-9H,13H2,1-3H3. The fourth-order valence-electron chi connectivity index (χ4n) is 1.01. The molecule has 0 bridgehead atoms. The lowest BCUT2D eigenvalue weighted by atomic mass is 10.2. The van der Waals surface area contributed by atoms with E-state index in [1.807, 2.05) is 39.0 Å². The van der Waals surface area contributed by atoms with Crippen molar-refractivity contribution in [3.05, 3.63) is 28.2 Å². The van der Waals surface area contributed by atoms with Crippen molar-refractivity contribution in [3.63, 3.8) is 0 Å². The summed E-state index contributed by atoms with van der Waals surface area (Å²) in [5, 5.41) is 0. The van der Waals surface area contributed by atoms with E-state index < -0.39 is 0 Å². The van der Waals surface area contributed by atoms with Crippen LogP contribution in [0.5, 0.6) is 5.75 Å². The molecule has 3 heteroatoms. The van der Waals surface area contributed by atoms with Gasteiger partial charge in [0.15, 0.2) is 0 Å². The summed E-state index contributed by atoms with van der Waals surface area (Å²) in [6.07, 6.45) is 0.0376. The Morgan fingerprint density at radius 2 is 2.00 bits per heavy atom. The van der Waals surface area contributed by atoms with Crippen LogP contribution in [0.1, 0.15) is 19.4 Å². The third-order valence-corrected chi connectivity index (χ3v) is 3.08. The Hall–Kier alpha value is -0.540. The summed E-state index contributed by atoms with van der Waals surface area (Å²) in [7, 11) is 0. The molecule has 2 N–H and O–H groups in total. The fraction of sp³-hybridized carbons (Fsp3) is 0.455. The van der Waals surface area contributed by atoms with Crippen molar-refractivity contribution in [2.24, 2.45) is 5.73 Å². The van der Waals surface area contributed by atoms with Gasteiger partial charge in [0.25, 0.3) is 0 Å². The van der Waals surface area contributed by atoms with Gasteiger partial charge in [0, 0.05) is 10.5 Å². The van der Waals surface area contributed by atoms with E-state index in [-0.39, 0.29) is 12.1 Å². The molecule has 2 unspecified atom stereocenters. The maximum absolute atomic E-state index is 5.72. The van der Waals surface area contributed by atoms with E-state index in [4.69, 9.17) is 10.5 Å². The maximum Gasteiger partial charge on any atom is 0.120 e. The molecule has 78 valence electrons. The molecule has 2 atom stereocenters. The highest BCUT2D eigenvalue weighted by Gasteiger charge is 2.09. The van der Waals surface area contributed by atoms with Gasteiger partial charge in [0.2, 0.25) is 0 Å². The van der Waals surface area contributed by atoms with Crippen molar-refractivity contribution in [2.75, 3.05) is 0 Å². The number of nitrogens with two attached hydrogens (primary N) is 1. The van der Waals surface area contributed by atoms with Crippen LogP contribution < -0.4 is 10.5 Å². The van der Waals surface area contributed by atoms with Gasteiger partial charge in [-0.1, -0.05) is 15.9 Å². The lowest BCUT2D eigenvalue weighted by Crippen LogP contribution is -2.33. The van der Waals surface area contributed by atoms with Gasteiger partial charge in [-0.05, 0) is 44.5 Å². The van der Waals surface area contributed by atoms with Crippen LogP contribution in [-0.4, -0.2) is 12.1 Å². The van der Waals surface area contributed by atoms with E-state index in [1.54, 1.807) is 0 Å². The summed E-state index contributed by atoms with van der Waals surface area (Å²) in [5.41, 5.74) is 6.88. The van der Waals surface area contributed by atoms with Gasteiger partial charge in [-0.15, -0.1) is 0 Å². The smallest absolute Gasteiger partial charge is 0.120 e. The predicted octanol–water partition coefficient (Wildman–Crippen LogP) is 2.87. The van der Waals surface area contributed by atoms with Crippen molar-refractivity contribution < 1.29 is 4.74 Å². The fourth-order valence-corrected chi connectivity index (χ4v) is 1.26. The van der Waals surface area contributed by atoms with Crippen LogP contribution in [0.2, 0.25) is 0 Å². The molecule has 1 aromatic rings. The molecule has 1 rings (SSSR count). The molecule has 14 heavy (non-hydrogen) atoms. The van der Waals surface area contributed by atoms with E-state index in [0.29, 0.717) is 0 Å². The van der Waals surface area contributed by atoms with Crippen LogP contribution >= 0.6 is 15.9 Å². The Morgan fingerprint density at radius 3 is 2.50 bits per heavy atom. The van der Waals surface area contributed by atoms with Crippen LogP contribution in [-0.2, 0) is 0 Å². The van der Waals surface area contributed by atoms with Gasteiger partial charge in [0.05, 0.1) is 0 Å². The molecule has 0 radical (unpaired) electrons. The zero-order valence-electron chi connectivity index (χ0n) is 8.75. The van der Waals surface area contributed by atoms with Crippen molar-refractivity contribution >= 4 is 15.9 Å². The van der Waals surface area contributed by atoms with E-state index in [9.17, 15) is 0 Å². The first kappa shape index (κ1) is 11.5. The molecule has 0 saturated heterocycles. The maximum atomic E-state index is 5.72. The number of hydrogen-bond acceptors (Lipinski definition) is 2. The first-order valence-electron chi connectivity index (χ1n) is 4.69. The lowest BCUT2D eigenvalue weighted by Gasteiger charge is -2.18. The van der Waals surface area contributed by atoms with Gasteiger partial charge in [-0.3, -0.25) is 0 Å². The zero-order chi connectivity index (χ0) is 10.7. The molecule has 0 amide bonds. The van der Waals surface area contributed by atoms with E-state index in [1.165, 1.54) is 5.56 Å². The van der Waals surface area contributed by atoms with Gasteiger partial charge < -0.3 is 10.5 Å². The highest BCUT2D eigenvalue weighted by atomic mass is 79.9. The molecule has 0 spiro atoms. The van der Waals surface area contributed by atoms with Crippen LogP contribution in [0.4, 0.5) is 0 Å². The largest absolute Gasteiger partial charge is 0.489 e. The SMILES string of the molecule is Cc1cc(OC(C)C(C)N)ccc1Br. The lowest BCUT2D eigenvalue weighted by molar-refractivity contribution is 0.196. The second kappa shape index (κ2) is 4.80. The molecule has 0 aromatic heterocycles. The average Bonchev–Trinajstić information content (AvgIpc) is 2.11. The minimum absolute atomic E-state index is 0.0376. The highest BCUT2D eigenvalue weighted by Crippen LogP contribution is 2.22. The summed E-state index contributed by atoms with van der Waals surface area (Å²) in [4.78, 5) is 0. The number of rotatable bonds is 3. The van der Waals surface area contributed by atoms with E-state index in [0.717, 1.165) is 10.2 Å². The van der Waals surface area contributed by atoms with Gasteiger partial charge in [-0.25, -0.2) is 0 Å². The quantitative estimate of drug-likeness (QED) is 0.904. The second-order valence-electron chi connectivity index (χ2n) is 3.59.